The topological polar surface area (TPSA) is 79.5 Å². The highest BCUT2D eigenvalue weighted by atomic mass is 32.1. The number of para-hydroxylation sites is 1. The Morgan fingerprint density at radius 2 is 1.52 bits per heavy atom. The standard InChI is InChI=1S/C23H20FN3O3S/c1-2-30-16-13-11-15(12-14-16)25-22(29)18-8-4-6-10-20(18)26-23(31)27-21(28)17-7-3-5-9-19(17)24/h3-14H,2H2,1H3,(H,25,29)(H2,26,27,28,31). The third-order valence-electron chi connectivity index (χ3n) is 4.19. The highest BCUT2D eigenvalue weighted by Crippen LogP contribution is 2.20. The maximum atomic E-state index is 13.8. The van der Waals surface area contributed by atoms with Crippen molar-refractivity contribution in [1.82, 2.24) is 5.32 Å². The van der Waals surface area contributed by atoms with Crippen molar-refractivity contribution in [2.45, 2.75) is 6.92 Å². The van der Waals surface area contributed by atoms with Crippen molar-refractivity contribution < 1.29 is 18.7 Å². The van der Waals surface area contributed by atoms with Crippen molar-refractivity contribution >= 4 is 40.5 Å². The summed E-state index contributed by atoms with van der Waals surface area (Å²) in [7, 11) is 0. The third kappa shape index (κ3) is 5.86. The normalized spacial score (nSPS) is 10.1. The average molecular weight is 437 g/mol. The van der Waals surface area contributed by atoms with Crippen LogP contribution in [0, 0.1) is 5.82 Å². The predicted octanol–water partition coefficient (Wildman–Crippen LogP) is 4.60. The smallest absolute Gasteiger partial charge is 0.260 e. The van der Waals surface area contributed by atoms with Crippen molar-refractivity contribution in [3.63, 3.8) is 0 Å². The van der Waals surface area contributed by atoms with Gasteiger partial charge >= 0.3 is 0 Å². The van der Waals surface area contributed by atoms with Crippen LogP contribution >= 0.6 is 12.2 Å². The molecule has 0 radical (unpaired) electrons. The van der Waals surface area contributed by atoms with Gasteiger partial charge in [-0.1, -0.05) is 24.3 Å². The minimum absolute atomic E-state index is 0.0606. The van der Waals surface area contributed by atoms with Crippen molar-refractivity contribution in [1.29, 1.82) is 0 Å². The average Bonchev–Trinajstić information content (AvgIpc) is 2.76. The van der Waals surface area contributed by atoms with Gasteiger partial charge in [0.25, 0.3) is 11.8 Å². The Bertz CT molecular complexity index is 1100. The molecule has 0 bridgehead atoms. The number of hydrogen-bond donors (Lipinski definition) is 3. The number of hydrogen-bond acceptors (Lipinski definition) is 4. The molecule has 3 aromatic carbocycles. The molecule has 0 saturated heterocycles. The highest BCUT2D eigenvalue weighted by molar-refractivity contribution is 7.80. The molecule has 2 amide bonds. The lowest BCUT2D eigenvalue weighted by molar-refractivity contribution is 0.0972. The molecule has 0 aliphatic carbocycles. The first kappa shape index (κ1) is 21.9. The van der Waals surface area contributed by atoms with Gasteiger partial charge in [0.2, 0.25) is 0 Å². The van der Waals surface area contributed by atoms with E-state index in [1.807, 2.05) is 6.92 Å². The molecule has 0 fully saturated rings. The molecule has 0 aliphatic rings. The Morgan fingerprint density at radius 3 is 2.19 bits per heavy atom. The minimum Gasteiger partial charge on any atom is -0.494 e. The van der Waals surface area contributed by atoms with E-state index in [1.54, 1.807) is 54.6 Å². The fraction of sp³-hybridized carbons (Fsp3) is 0.0870. The second kappa shape index (κ2) is 10.3. The summed E-state index contributed by atoms with van der Waals surface area (Å²) in [4.78, 5) is 25.0. The molecule has 3 N–H and O–H groups in total. The molecule has 0 atom stereocenters. The van der Waals surface area contributed by atoms with Crippen LogP contribution in [0.4, 0.5) is 15.8 Å². The third-order valence-corrected chi connectivity index (χ3v) is 4.39. The molecule has 3 rings (SSSR count). The largest absolute Gasteiger partial charge is 0.494 e. The lowest BCUT2D eigenvalue weighted by atomic mass is 10.1. The van der Waals surface area contributed by atoms with Gasteiger partial charge in [-0.3, -0.25) is 14.9 Å². The van der Waals surface area contributed by atoms with Crippen LogP contribution < -0.4 is 20.7 Å². The van der Waals surface area contributed by atoms with E-state index >= 15 is 0 Å². The number of amides is 2. The van der Waals surface area contributed by atoms with Gasteiger partial charge < -0.3 is 15.4 Å². The maximum Gasteiger partial charge on any atom is 0.260 e. The van der Waals surface area contributed by atoms with Gasteiger partial charge in [0.05, 0.1) is 23.4 Å². The molecule has 0 heterocycles. The zero-order valence-electron chi connectivity index (χ0n) is 16.6. The quantitative estimate of drug-likeness (QED) is 0.491. The Hall–Kier alpha value is -3.78. The van der Waals surface area contributed by atoms with Gasteiger partial charge in [-0.2, -0.15) is 0 Å². The number of benzene rings is 3. The van der Waals surface area contributed by atoms with Gasteiger partial charge in [0.1, 0.15) is 11.6 Å². The summed E-state index contributed by atoms with van der Waals surface area (Å²) in [5, 5.41) is 7.97. The highest BCUT2D eigenvalue weighted by Gasteiger charge is 2.15. The van der Waals surface area contributed by atoms with Crippen molar-refractivity contribution in [2.75, 3.05) is 17.2 Å². The molecule has 0 unspecified atom stereocenters. The first-order chi connectivity index (χ1) is 15.0. The lowest BCUT2D eigenvalue weighted by Crippen LogP contribution is -2.35. The minimum atomic E-state index is -0.688. The molecule has 8 heteroatoms. The summed E-state index contributed by atoms with van der Waals surface area (Å²) in [5.41, 5.74) is 1.18. The van der Waals surface area contributed by atoms with Crippen LogP contribution in [0.3, 0.4) is 0 Å². The Morgan fingerprint density at radius 1 is 0.871 bits per heavy atom. The van der Waals surface area contributed by atoms with E-state index in [9.17, 15) is 14.0 Å². The second-order valence-corrected chi connectivity index (χ2v) is 6.75. The van der Waals surface area contributed by atoms with Crippen LogP contribution in [0.15, 0.2) is 72.8 Å². The number of anilines is 2. The van der Waals surface area contributed by atoms with E-state index in [0.717, 1.165) is 0 Å². The lowest BCUT2D eigenvalue weighted by Gasteiger charge is -2.14. The van der Waals surface area contributed by atoms with Gasteiger partial charge in [0.15, 0.2) is 5.11 Å². The van der Waals surface area contributed by atoms with Gasteiger partial charge in [-0.05, 0) is 67.7 Å². The fourth-order valence-corrected chi connectivity index (χ4v) is 2.96. The van der Waals surface area contributed by atoms with E-state index in [-0.39, 0.29) is 16.6 Å². The van der Waals surface area contributed by atoms with E-state index < -0.39 is 11.7 Å². The number of ether oxygens (including phenoxy) is 1. The maximum absolute atomic E-state index is 13.8. The summed E-state index contributed by atoms with van der Waals surface area (Å²) >= 11 is 5.16. The second-order valence-electron chi connectivity index (χ2n) is 6.35. The molecular formula is C23H20FN3O3S. The number of carbonyl (C=O) groups is 2. The number of carbonyl (C=O) groups excluding carboxylic acids is 2. The monoisotopic (exact) mass is 437 g/mol. The molecule has 0 spiro atoms. The zero-order chi connectivity index (χ0) is 22.2. The Kier molecular flexibility index (Phi) is 7.29. The Balaban J connectivity index is 1.68. The van der Waals surface area contributed by atoms with Crippen LogP contribution in [-0.2, 0) is 0 Å². The van der Waals surface area contributed by atoms with Gasteiger partial charge in [0, 0.05) is 5.69 Å². The molecule has 0 saturated carbocycles. The number of nitrogens with one attached hydrogen (secondary N) is 3. The molecule has 6 nitrogen and oxygen atoms in total. The predicted molar refractivity (Wildman–Crippen MR) is 122 cm³/mol. The summed E-state index contributed by atoms with van der Waals surface area (Å²) in [6.45, 7) is 2.45. The van der Waals surface area contributed by atoms with Crippen LogP contribution in [0.5, 0.6) is 5.75 Å². The molecule has 3 aromatic rings. The SMILES string of the molecule is CCOc1ccc(NC(=O)c2ccccc2NC(=S)NC(=O)c2ccccc2F)cc1. The van der Waals surface area contributed by atoms with Crippen LogP contribution in [-0.4, -0.2) is 23.5 Å². The zero-order valence-corrected chi connectivity index (χ0v) is 17.5. The van der Waals surface area contributed by atoms with Gasteiger partial charge in [-0.25, -0.2) is 4.39 Å². The molecular weight excluding hydrogens is 417 g/mol. The molecule has 158 valence electrons. The molecule has 31 heavy (non-hydrogen) atoms. The number of halogens is 1. The Labute approximate surface area is 184 Å². The summed E-state index contributed by atoms with van der Waals surface area (Å²) in [6.07, 6.45) is 0. The fourth-order valence-electron chi connectivity index (χ4n) is 2.76. The van der Waals surface area contributed by atoms with Crippen molar-refractivity contribution in [3.8, 4) is 5.75 Å². The van der Waals surface area contributed by atoms with Crippen LogP contribution in [0.2, 0.25) is 0 Å². The van der Waals surface area contributed by atoms with E-state index in [4.69, 9.17) is 17.0 Å². The molecule has 0 aromatic heterocycles. The first-order valence-corrected chi connectivity index (χ1v) is 9.89. The number of rotatable bonds is 6. The van der Waals surface area contributed by atoms with Gasteiger partial charge in [-0.15, -0.1) is 0 Å². The van der Waals surface area contributed by atoms with Crippen molar-refractivity contribution in [2.24, 2.45) is 0 Å². The van der Waals surface area contributed by atoms with E-state index in [0.29, 0.717) is 29.3 Å². The molecule has 0 aliphatic heterocycles. The van der Waals surface area contributed by atoms with E-state index in [2.05, 4.69) is 16.0 Å². The van der Waals surface area contributed by atoms with Crippen molar-refractivity contribution in [3.05, 3.63) is 89.7 Å². The summed E-state index contributed by atoms with van der Waals surface area (Å²) in [6, 6.07) is 19.3. The first-order valence-electron chi connectivity index (χ1n) is 9.48. The summed E-state index contributed by atoms with van der Waals surface area (Å²) < 4.78 is 19.2. The van der Waals surface area contributed by atoms with Crippen LogP contribution in [0.25, 0.3) is 0 Å². The summed E-state index contributed by atoms with van der Waals surface area (Å²) in [5.74, 6) is -1.00. The van der Waals surface area contributed by atoms with E-state index in [1.165, 1.54) is 18.2 Å². The van der Waals surface area contributed by atoms with Crippen LogP contribution in [0.1, 0.15) is 27.6 Å². The number of thiocarbonyl (C=S) groups is 1.